The maximum Gasteiger partial charge on any atom is 0.164 e. The molecule has 1 saturated carbocycles. The molecular weight excluding hydrogens is 203 g/mol. The third kappa shape index (κ3) is 1.95. The van der Waals surface area contributed by atoms with E-state index in [0.29, 0.717) is 17.9 Å². The highest BCUT2D eigenvalue weighted by atomic mass is 35.5. The van der Waals surface area contributed by atoms with Crippen LogP contribution in [0.4, 0.5) is 4.39 Å². The molecule has 0 aliphatic heterocycles. The highest BCUT2D eigenvalue weighted by Gasteiger charge is 2.26. The number of halogens is 2. The number of rotatable bonds is 3. The van der Waals surface area contributed by atoms with Crippen LogP contribution in [-0.2, 0) is 0 Å². The Kier molecular flexibility index (Phi) is 2.55. The summed E-state index contributed by atoms with van der Waals surface area (Å²) >= 11 is 5.70. The van der Waals surface area contributed by atoms with Gasteiger partial charge in [-0.15, -0.1) is 0 Å². The molecule has 0 N–H and O–H groups in total. The molecule has 1 aromatic carbocycles. The van der Waals surface area contributed by atoms with Gasteiger partial charge in [-0.05, 0) is 30.9 Å². The molecule has 0 bridgehead atoms. The minimum absolute atomic E-state index is 0.0434. The number of Topliss-reactive ketones (excluding diaryl/α,β-unsaturated/α-hetero) is 1. The molecule has 0 heterocycles. The van der Waals surface area contributed by atoms with E-state index < -0.39 is 5.82 Å². The molecule has 1 aliphatic rings. The molecule has 0 aromatic heterocycles. The van der Waals surface area contributed by atoms with E-state index in [1.54, 1.807) is 6.07 Å². The van der Waals surface area contributed by atoms with Crippen LogP contribution in [0.5, 0.6) is 0 Å². The van der Waals surface area contributed by atoms with Gasteiger partial charge in [-0.3, -0.25) is 4.79 Å². The molecule has 1 nitrogen and oxygen atoms in total. The normalized spacial score (nSPS) is 15.6. The van der Waals surface area contributed by atoms with Crippen LogP contribution < -0.4 is 0 Å². The summed E-state index contributed by atoms with van der Waals surface area (Å²) in [5.41, 5.74) is 0.318. The third-order valence-corrected chi connectivity index (χ3v) is 2.81. The molecule has 0 spiro atoms. The van der Waals surface area contributed by atoms with Gasteiger partial charge < -0.3 is 0 Å². The number of ketones is 1. The summed E-state index contributed by atoms with van der Waals surface area (Å²) in [6.45, 7) is 0. The van der Waals surface area contributed by atoms with E-state index in [0.717, 1.165) is 12.8 Å². The quantitative estimate of drug-likeness (QED) is 0.702. The maximum atomic E-state index is 13.0. The Labute approximate surface area is 86.9 Å². The summed E-state index contributed by atoms with van der Waals surface area (Å²) in [5.74, 6) is -0.0628. The van der Waals surface area contributed by atoms with Crippen molar-refractivity contribution in [3.63, 3.8) is 0 Å². The van der Waals surface area contributed by atoms with E-state index in [-0.39, 0.29) is 10.8 Å². The molecule has 0 amide bonds. The van der Waals surface area contributed by atoms with Gasteiger partial charge in [-0.1, -0.05) is 17.7 Å². The Morgan fingerprint density at radius 1 is 1.50 bits per heavy atom. The Hall–Kier alpha value is -0.890. The van der Waals surface area contributed by atoms with Crippen LogP contribution in [0.1, 0.15) is 29.6 Å². The van der Waals surface area contributed by atoms with Crippen LogP contribution in [0.25, 0.3) is 0 Å². The van der Waals surface area contributed by atoms with Crippen LogP contribution in [-0.4, -0.2) is 5.78 Å². The fraction of sp³-hybridized carbons (Fsp3) is 0.364. The van der Waals surface area contributed by atoms with Crippen molar-refractivity contribution in [1.82, 2.24) is 0 Å². The van der Waals surface area contributed by atoms with E-state index >= 15 is 0 Å². The zero-order valence-corrected chi connectivity index (χ0v) is 8.35. The van der Waals surface area contributed by atoms with Gasteiger partial charge in [0, 0.05) is 12.0 Å². The van der Waals surface area contributed by atoms with Crippen molar-refractivity contribution < 1.29 is 9.18 Å². The van der Waals surface area contributed by atoms with Crippen LogP contribution in [0.3, 0.4) is 0 Å². The van der Waals surface area contributed by atoms with Crippen molar-refractivity contribution in [3.8, 4) is 0 Å². The fourth-order valence-electron chi connectivity index (χ4n) is 1.41. The first kappa shape index (κ1) is 9.66. The van der Waals surface area contributed by atoms with Crippen molar-refractivity contribution in [1.29, 1.82) is 0 Å². The van der Waals surface area contributed by atoms with Crippen molar-refractivity contribution in [2.75, 3.05) is 0 Å². The van der Waals surface area contributed by atoms with Gasteiger partial charge in [0.15, 0.2) is 5.78 Å². The first-order valence-electron chi connectivity index (χ1n) is 4.65. The maximum absolute atomic E-state index is 13.0. The van der Waals surface area contributed by atoms with E-state index in [1.807, 2.05) is 0 Å². The molecule has 0 atom stereocenters. The SMILES string of the molecule is O=C(CC1CC1)c1cccc(F)c1Cl. The topological polar surface area (TPSA) is 17.1 Å². The van der Waals surface area contributed by atoms with Gasteiger partial charge in [0.2, 0.25) is 0 Å². The van der Waals surface area contributed by atoms with Gasteiger partial charge in [-0.2, -0.15) is 0 Å². The van der Waals surface area contributed by atoms with Crippen molar-refractivity contribution >= 4 is 17.4 Å². The first-order valence-corrected chi connectivity index (χ1v) is 5.03. The number of hydrogen-bond donors (Lipinski definition) is 0. The summed E-state index contributed by atoms with van der Waals surface area (Å²) < 4.78 is 13.0. The predicted molar refractivity (Wildman–Crippen MR) is 53.1 cm³/mol. The van der Waals surface area contributed by atoms with Crippen LogP contribution in [0.15, 0.2) is 18.2 Å². The lowest BCUT2D eigenvalue weighted by atomic mass is 10.1. The molecule has 1 aromatic rings. The fourth-order valence-corrected chi connectivity index (χ4v) is 1.64. The molecule has 1 fully saturated rings. The van der Waals surface area contributed by atoms with E-state index in [9.17, 15) is 9.18 Å². The molecule has 1 aliphatic carbocycles. The molecule has 0 unspecified atom stereocenters. The van der Waals surface area contributed by atoms with E-state index in [2.05, 4.69) is 0 Å². The smallest absolute Gasteiger partial charge is 0.164 e. The second kappa shape index (κ2) is 3.70. The third-order valence-electron chi connectivity index (χ3n) is 2.42. The lowest BCUT2D eigenvalue weighted by Gasteiger charge is -2.02. The van der Waals surface area contributed by atoms with Crippen molar-refractivity contribution in [2.24, 2.45) is 5.92 Å². The predicted octanol–water partition coefficient (Wildman–Crippen LogP) is 3.46. The summed E-state index contributed by atoms with van der Waals surface area (Å²) in [6.07, 6.45) is 2.72. The van der Waals surface area contributed by atoms with Gasteiger partial charge in [0.25, 0.3) is 0 Å². The Morgan fingerprint density at radius 2 is 2.21 bits per heavy atom. The van der Waals surface area contributed by atoms with E-state index in [1.165, 1.54) is 12.1 Å². The molecule has 0 radical (unpaired) electrons. The van der Waals surface area contributed by atoms with Crippen molar-refractivity contribution in [2.45, 2.75) is 19.3 Å². The second-order valence-corrected chi connectivity index (χ2v) is 4.05. The largest absolute Gasteiger partial charge is 0.294 e. The standard InChI is InChI=1S/C11H10ClFO/c12-11-8(2-1-3-9(11)13)10(14)6-7-4-5-7/h1-3,7H,4-6H2. The summed E-state index contributed by atoms with van der Waals surface area (Å²) in [5, 5.41) is -0.0434. The minimum atomic E-state index is -0.520. The Morgan fingerprint density at radius 3 is 2.86 bits per heavy atom. The molecule has 74 valence electrons. The van der Waals surface area contributed by atoms with Crippen LogP contribution in [0, 0.1) is 11.7 Å². The number of hydrogen-bond acceptors (Lipinski definition) is 1. The molecule has 3 heteroatoms. The lowest BCUT2D eigenvalue weighted by molar-refractivity contribution is 0.0976. The highest BCUT2D eigenvalue weighted by molar-refractivity contribution is 6.34. The monoisotopic (exact) mass is 212 g/mol. The van der Waals surface area contributed by atoms with Gasteiger partial charge in [0.1, 0.15) is 5.82 Å². The average Bonchev–Trinajstić information content (AvgIpc) is 2.93. The number of carbonyl (C=O) groups is 1. The second-order valence-electron chi connectivity index (χ2n) is 3.67. The van der Waals surface area contributed by atoms with Crippen LogP contribution >= 0.6 is 11.6 Å². The summed E-state index contributed by atoms with van der Waals surface area (Å²) in [4.78, 5) is 11.6. The summed E-state index contributed by atoms with van der Waals surface area (Å²) in [7, 11) is 0. The molecule has 14 heavy (non-hydrogen) atoms. The average molecular weight is 213 g/mol. The molecule has 2 rings (SSSR count). The zero-order valence-electron chi connectivity index (χ0n) is 7.59. The highest BCUT2D eigenvalue weighted by Crippen LogP contribution is 2.34. The number of benzene rings is 1. The Bertz CT molecular complexity index is 372. The van der Waals surface area contributed by atoms with Crippen LogP contribution in [0.2, 0.25) is 5.02 Å². The lowest BCUT2D eigenvalue weighted by Crippen LogP contribution is -2.01. The zero-order chi connectivity index (χ0) is 10.1. The van der Waals surface area contributed by atoms with Gasteiger partial charge in [0.05, 0.1) is 5.02 Å². The van der Waals surface area contributed by atoms with E-state index in [4.69, 9.17) is 11.6 Å². The molecule has 0 saturated heterocycles. The molecular formula is C11H10ClFO. The number of carbonyl (C=O) groups excluding carboxylic acids is 1. The van der Waals surface area contributed by atoms with Crippen molar-refractivity contribution in [3.05, 3.63) is 34.6 Å². The van der Waals surface area contributed by atoms with Gasteiger partial charge >= 0.3 is 0 Å². The summed E-state index contributed by atoms with van der Waals surface area (Å²) in [6, 6.07) is 4.35. The minimum Gasteiger partial charge on any atom is -0.294 e. The first-order chi connectivity index (χ1) is 6.68. The Balaban J connectivity index is 2.21. The van der Waals surface area contributed by atoms with Gasteiger partial charge in [-0.25, -0.2) is 4.39 Å².